The molecule has 2 aromatic rings. The summed E-state index contributed by atoms with van der Waals surface area (Å²) in [4.78, 5) is 20.7. The molecule has 0 saturated carbocycles. The lowest BCUT2D eigenvalue weighted by Crippen LogP contribution is -2.47. The summed E-state index contributed by atoms with van der Waals surface area (Å²) in [5.41, 5.74) is 3.87. The molecule has 0 aromatic heterocycles. The lowest BCUT2D eigenvalue weighted by Gasteiger charge is -2.39. The Bertz CT molecular complexity index is 900. The van der Waals surface area contributed by atoms with Crippen molar-refractivity contribution in [2.45, 2.75) is 45.2 Å². The molecule has 32 heavy (non-hydrogen) atoms. The fourth-order valence-electron chi connectivity index (χ4n) is 4.90. The van der Waals surface area contributed by atoms with Crippen molar-refractivity contribution >= 4 is 35.8 Å². The van der Waals surface area contributed by atoms with Crippen LogP contribution in [0.4, 0.5) is 0 Å². The van der Waals surface area contributed by atoms with Crippen LogP contribution in [0.1, 0.15) is 48.8 Å². The van der Waals surface area contributed by atoms with E-state index < -0.39 is 0 Å². The maximum Gasteiger partial charge on any atom is 0.222 e. The molecule has 2 heterocycles. The highest BCUT2D eigenvalue weighted by Crippen LogP contribution is 2.32. The standard InChI is InChI=1S/C26H34N4O.HI/c1-20-18-30(16-14-24(20)23-7-4-3-5-8-23)26(27-2)28-17-21-10-12-22(13-11-21)19-29-15-6-9-25(29)31;/h3-5,7-8,10-13,20,24H,6,9,14-19H2,1-2H3,(H,27,28);1H. The van der Waals surface area contributed by atoms with Gasteiger partial charge in [-0.2, -0.15) is 0 Å². The first-order chi connectivity index (χ1) is 15.1. The Balaban J connectivity index is 0.00000289. The fourth-order valence-corrected chi connectivity index (χ4v) is 4.90. The third-order valence-electron chi connectivity index (χ3n) is 6.66. The molecule has 2 aliphatic rings. The van der Waals surface area contributed by atoms with E-state index in [1.165, 1.54) is 16.7 Å². The maximum atomic E-state index is 11.8. The van der Waals surface area contributed by atoms with Crippen molar-refractivity contribution in [1.82, 2.24) is 15.1 Å². The van der Waals surface area contributed by atoms with Crippen LogP contribution in [0.2, 0.25) is 0 Å². The van der Waals surface area contributed by atoms with Crippen molar-refractivity contribution in [2.75, 3.05) is 26.7 Å². The van der Waals surface area contributed by atoms with E-state index >= 15 is 0 Å². The summed E-state index contributed by atoms with van der Waals surface area (Å²) in [6, 6.07) is 19.5. The number of rotatable bonds is 5. The van der Waals surface area contributed by atoms with Crippen molar-refractivity contribution in [3.05, 3.63) is 71.3 Å². The van der Waals surface area contributed by atoms with Gasteiger partial charge in [-0.05, 0) is 41.4 Å². The first-order valence-electron chi connectivity index (χ1n) is 11.5. The van der Waals surface area contributed by atoms with Gasteiger partial charge in [-0.3, -0.25) is 9.79 Å². The van der Waals surface area contributed by atoms with Crippen LogP contribution >= 0.6 is 24.0 Å². The molecular weight excluding hydrogens is 511 g/mol. The zero-order chi connectivity index (χ0) is 21.6. The van der Waals surface area contributed by atoms with E-state index in [1.54, 1.807) is 0 Å². The zero-order valence-electron chi connectivity index (χ0n) is 19.2. The maximum absolute atomic E-state index is 11.8. The molecule has 6 heteroatoms. The van der Waals surface area contributed by atoms with Crippen LogP contribution in [0.25, 0.3) is 0 Å². The number of carbonyl (C=O) groups excluding carboxylic acids is 1. The van der Waals surface area contributed by atoms with Crippen LogP contribution < -0.4 is 5.32 Å². The van der Waals surface area contributed by atoms with E-state index in [4.69, 9.17) is 0 Å². The highest BCUT2D eigenvalue weighted by Gasteiger charge is 2.28. The average Bonchev–Trinajstić information content (AvgIpc) is 3.20. The molecule has 2 aromatic carbocycles. The third-order valence-corrected chi connectivity index (χ3v) is 6.66. The first-order valence-corrected chi connectivity index (χ1v) is 11.5. The lowest BCUT2D eigenvalue weighted by atomic mass is 9.82. The molecule has 0 bridgehead atoms. The van der Waals surface area contributed by atoms with Crippen molar-refractivity contribution in [2.24, 2.45) is 10.9 Å². The van der Waals surface area contributed by atoms with Gasteiger partial charge in [0, 0.05) is 46.2 Å². The number of guanidine groups is 1. The van der Waals surface area contributed by atoms with Gasteiger partial charge in [0.2, 0.25) is 5.91 Å². The minimum absolute atomic E-state index is 0. The van der Waals surface area contributed by atoms with E-state index in [2.05, 4.69) is 76.7 Å². The SMILES string of the molecule is CN=C(NCc1ccc(CN2CCCC2=O)cc1)N1CCC(c2ccccc2)C(C)C1.I. The molecule has 1 N–H and O–H groups in total. The Labute approximate surface area is 209 Å². The van der Waals surface area contributed by atoms with Gasteiger partial charge in [-0.1, -0.05) is 61.5 Å². The minimum atomic E-state index is 0. The molecule has 2 fully saturated rings. The smallest absolute Gasteiger partial charge is 0.222 e. The molecule has 4 rings (SSSR count). The van der Waals surface area contributed by atoms with Crippen LogP contribution in [-0.2, 0) is 17.9 Å². The van der Waals surface area contributed by atoms with Crippen LogP contribution in [0.3, 0.4) is 0 Å². The summed E-state index contributed by atoms with van der Waals surface area (Å²) in [5.74, 6) is 2.46. The third kappa shape index (κ3) is 6.03. The summed E-state index contributed by atoms with van der Waals surface area (Å²) < 4.78 is 0. The van der Waals surface area contributed by atoms with Crippen molar-refractivity contribution < 1.29 is 4.79 Å². The number of amides is 1. The van der Waals surface area contributed by atoms with E-state index in [0.717, 1.165) is 51.5 Å². The van der Waals surface area contributed by atoms with Crippen LogP contribution in [0, 0.1) is 5.92 Å². The molecule has 0 aliphatic carbocycles. The number of carbonyl (C=O) groups is 1. The van der Waals surface area contributed by atoms with Crippen LogP contribution in [0.5, 0.6) is 0 Å². The van der Waals surface area contributed by atoms with Gasteiger partial charge in [-0.15, -0.1) is 24.0 Å². The number of hydrogen-bond acceptors (Lipinski definition) is 2. The first kappa shape index (κ1) is 24.6. The molecule has 2 atom stereocenters. The Morgan fingerprint density at radius 3 is 2.41 bits per heavy atom. The monoisotopic (exact) mass is 546 g/mol. The second kappa shape index (κ2) is 11.7. The number of halogens is 1. The van der Waals surface area contributed by atoms with E-state index in [9.17, 15) is 4.79 Å². The summed E-state index contributed by atoms with van der Waals surface area (Å²) >= 11 is 0. The van der Waals surface area contributed by atoms with Crippen LogP contribution in [-0.4, -0.2) is 48.3 Å². The number of piperidine rings is 1. The topological polar surface area (TPSA) is 47.9 Å². The Kier molecular flexibility index (Phi) is 8.96. The van der Waals surface area contributed by atoms with Gasteiger partial charge in [0.15, 0.2) is 5.96 Å². The number of nitrogens with one attached hydrogen (secondary N) is 1. The predicted octanol–water partition coefficient (Wildman–Crippen LogP) is 4.63. The summed E-state index contributed by atoms with van der Waals surface area (Å²) in [6.07, 6.45) is 2.83. The number of benzene rings is 2. The summed E-state index contributed by atoms with van der Waals surface area (Å²) in [7, 11) is 1.87. The number of nitrogens with zero attached hydrogens (tertiary/aromatic N) is 3. The summed E-state index contributed by atoms with van der Waals surface area (Å²) in [6.45, 7) is 6.75. The molecule has 2 saturated heterocycles. The number of hydrogen-bond donors (Lipinski definition) is 1. The van der Waals surface area contributed by atoms with Crippen molar-refractivity contribution in [3.63, 3.8) is 0 Å². The van der Waals surface area contributed by atoms with Crippen molar-refractivity contribution in [3.8, 4) is 0 Å². The molecule has 0 spiro atoms. The zero-order valence-corrected chi connectivity index (χ0v) is 21.5. The molecule has 1 amide bonds. The molecule has 2 aliphatic heterocycles. The second-order valence-corrected chi connectivity index (χ2v) is 8.87. The lowest BCUT2D eigenvalue weighted by molar-refractivity contribution is -0.128. The highest BCUT2D eigenvalue weighted by atomic mass is 127. The average molecular weight is 546 g/mol. The van der Waals surface area contributed by atoms with Gasteiger partial charge in [-0.25, -0.2) is 0 Å². The highest BCUT2D eigenvalue weighted by molar-refractivity contribution is 14.0. The Hall–Kier alpha value is -2.09. The van der Waals surface area contributed by atoms with Gasteiger partial charge in [0.05, 0.1) is 0 Å². The van der Waals surface area contributed by atoms with E-state index in [1.807, 2.05) is 11.9 Å². The molecular formula is C26H35IN4O. The van der Waals surface area contributed by atoms with E-state index in [-0.39, 0.29) is 29.9 Å². The second-order valence-electron chi connectivity index (χ2n) is 8.87. The van der Waals surface area contributed by atoms with Gasteiger partial charge in [0.25, 0.3) is 0 Å². The van der Waals surface area contributed by atoms with E-state index in [0.29, 0.717) is 18.3 Å². The predicted molar refractivity (Wildman–Crippen MR) is 141 cm³/mol. The number of likely N-dealkylation sites (tertiary alicyclic amines) is 2. The fraction of sp³-hybridized carbons (Fsp3) is 0.462. The molecule has 172 valence electrons. The normalized spacial score (nSPS) is 21.4. The largest absolute Gasteiger partial charge is 0.352 e. The Morgan fingerprint density at radius 2 is 1.78 bits per heavy atom. The minimum Gasteiger partial charge on any atom is -0.352 e. The molecule has 0 radical (unpaired) electrons. The number of aliphatic imine (C=N–C) groups is 1. The Morgan fingerprint density at radius 1 is 1.06 bits per heavy atom. The van der Waals surface area contributed by atoms with Gasteiger partial charge >= 0.3 is 0 Å². The van der Waals surface area contributed by atoms with Gasteiger partial charge in [0.1, 0.15) is 0 Å². The quantitative estimate of drug-likeness (QED) is 0.338. The molecule has 2 unspecified atom stereocenters. The molecule has 5 nitrogen and oxygen atoms in total. The van der Waals surface area contributed by atoms with Crippen molar-refractivity contribution in [1.29, 1.82) is 0 Å². The van der Waals surface area contributed by atoms with Crippen LogP contribution in [0.15, 0.2) is 59.6 Å². The summed E-state index contributed by atoms with van der Waals surface area (Å²) in [5, 5.41) is 3.54. The van der Waals surface area contributed by atoms with Gasteiger partial charge < -0.3 is 15.1 Å².